The molecule has 0 spiro atoms. The van der Waals surface area contributed by atoms with E-state index in [-0.39, 0.29) is 0 Å². The lowest BCUT2D eigenvalue weighted by atomic mass is 9.84. The van der Waals surface area contributed by atoms with Gasteiger partial charge in [0.1, 0.15) is 0 Å². The topological polar surface area (TPSA) is 3.24 Å². The third-order valence-electron chi connectivity index (χ3n) is 5.47. The molecule has 0 aromatic heterocycles. The van der Waals surface area contributed by atoms with Gasteiger partial charge in [-0.3, -0.25) is 4.90 Å². The quantitative estimate of drug-likeness (QED) is 0.666. The Bertz CT molecular complexity index is 249. The monoisotopic (exact) mass is 253 g/mol. The zero-order valence-corrected chi connectivity index (χ0v) is 12.3. The summed E-state index contributed by atoms with van der Waals surface area (Å²) in [5.74, 6) is 2.04. The first-order chi connectivity index (χ1) is 8.40. The molecule has 1 saturated heterocycles. The van der Waals surface area contributed by atoms with E-state index in [9.17, 15) is 0 Å². The number of hydrogen-bond donors (Lipinski definition) is 0. The molecule has 1 heterocycles. The molecule has 98 valence electrons. The van der Waals surface area contributed by atoms with Gasteiger partial charge < -0.3 is 0 Å². The number of nitrogens with zero attached hydrogens (tertiary/aromatic N) is 1. The highest BCUT2D eigenvalue weighted by Gasteiger charge is 2.44. The maximum atomic E-state index is 3.03. The van der Waals surface area contributed by atoms with Gasteiger partial charge in [-0.15, -0.1) is 8.58 Å². The van der Waals surface area contributed by atoms with E-state index in [0.29, 0.717) is 0 Å². The van der Waals surface area contributed by atoms with Crippen LogP contribution in [0.1, 0.15) is 64.2 Å². The van der Waals surface area contributed by atoms with Crippen LogP contribution in [0.5, 0.6) is 0 Å². The minimum atomic E-state index is 0.964. The van der Waals surface area contributed by atoms with Crippen LogP contribution in [0.4, 0.5) is 0 Å². The predicted molar refractivity (Wildman–Crippen MR) is 77.1 cm³/mol. The van der Waals surface area contributed by atoms with Crippen molar-refractivity contribution >= 4 is 8.58 Å². The maximum absolute atomic E-state index is 3.03. The van der Waals surface area contributed by atoms with Crippen molar-refractivity contribution < 1.29 is 0 Å². The molecule has 3 aliphatic rings. The van der Waals surface area contributed by atoms with E-state index in [1.54, 1.807) is 0 Å². The van der Waals surface area contributed by atoms with Gasteiger partial charge in [-0.25, -0.2) is 0 Å². The highest BCUT2D eigenvalue weighted by molar-refractivity contribution is 7.37. The number of fused-ring (bicyclic) bond motifs is 1. The third-order valence-corrected chi connectivity index (χ3v) is 6.67. The summed E-state index contributed by atoms with van der Waals surface area (Å²) in [6.45, 7) is 2.44. The van der Waals surface area contributed by atoms with E-state index in [4.69, 9.17) is 0 Å². The minimum Gasteiger partial charge on any atom is -0.291 e. The number of rotatable bonds is 2. The molecule has 1 aliphatic heterocycles. The first kappa shape index (κ1) is 12.4. The van der Waals surface area contributed by atoms with Gasteiger partial charge in [0.25, 0.3) is 0 Å². The van der Waals surface area contributed by atoms with Crippen molar-refractivity contribution in [2.24, 2.45) is 5.92 Å². The lowest BCUT2D eigenvalue weighted by molar-refractivity contribution is 0.0979. The van der Waals surface area contributed by atoms with Crippen molar-refractivity contribution in [3.63, 3.8) is 0 Å². The smallest absolute Gasteiger partial charge is 0.0274 e. The normalized spacial score (nSPS) is 41.1. The van der Waals surface area contributed by atoms with E-state index in [1.807, 2.05) is 0 Å². The van der Waals surface area contributed by atoms with Gasteiger partial charge >= 0.3 is 0 Å². The molecule has 0 aromatic rings. The highest BCUT2D eigenvalue weighted by atomic mass is 31.1. The molecule has 2 aliphatic carbocycles. The summed E-state index contributed by atoms with van der Waals surface area (Å²) >= 11 is 0. The molecular formula is C15H28NP. The second-order valence-electron chi connectivity index (χ2n) is 6.39. The molecule has 0 bridgehead atoms. The summed E-state index contributed by atoms with van der Waals surface area (Å²) in [7, 11) is 1.15. The molecule has 0 aromatic carbocycles. The summed E-state index contributed by atoms with van der Waals surface area (Å²) in [6.07, 6.45) is 15.1. The summed E-state index contributed by atoms with van der Waals surface area (Å²) < 4.78 is 0. The molecule has 2 heteroatoms. The van der Waals surface area contributed by atoms with E-state index in [2.05, 4.69) is 11.6 Å². The summed E-state index contributed by atoms with van der Waals surface area (Å²) in [4.78, 5) is 3.03. The average molecular weight is 253 g/mol. The fraction of sp³-hybridized carbons (Fsp3) is 1.00. The predicted octanol–water partition coefficient (Wildman–Crippen LogP) is 4.22. The van der Waals surface area contributed by atoms with Crippen LogP contribution in [0.3, 0.4) is 0 Å². The van der Waals surface area contributed by atoms with E-state index < -0.39 is 0 Å². The van der Waals surface area contributed by atoms with Gasteiger partial charge in [0.05, 0.1) is 0 Å². The summed E-state index contributed by atoms with van der Waals surface area (Å²) in [5, 5.41) is 0. The van der Waals surface area contributed by atoms with Crippen molar-refractivity contribution in [2.45, 2.75) is 82.1 Å². The molecule has 4 unspecified atom stereocenters. The van der Waals surface area contributed by atoms with Crippen LogP contribution in [0.2, 0.25) is 0 Å². The second-order valence-corrected chi connectivity index (χ2v) is 7.63. The van der Waals surface area contributed by atoms with Crippen molar-refractivity contribution in [2.75, 3.05) is 6.66 Å². The molecule has 1 nitrogen and oxygen atoms in total. The van der Waals surface area contributed by atoms with Crippen LogP contribution in [0.25, 0.3) is 0 Å². The third kappa shape index (κ3) is 2.43. The van der Waals surface area contributed by atoms with Gasteiger partial charge in [0.15, 0.2) is 0 Å². The van der Waals surface area contributed by atoms with E-state index >= 15 is 0 Å². The Morgan fingerprint density at radius 1 is 0.882 bits per heavy atom. The summed E-state index contributed by atoms with van der Waals surface area (Å²) in [6, 6.07) is 1.96. The molecule has 0 radical (unpaired) electrons. The zero-order chi connectivity index (χ0) is 11.7. The van der Waals surface area contributed by atoms with E-state index in [0.717, 1.165) is 32.4 Å². The van der Waals surface area contributed by atoms with Crippen LogP contribution < -0.4 is 0 Å². The molecule has 3 rings (SSSR count). The SMILES string of the molecule is CPC1CC2CCCCC2N1C1CCCCC1. The number of likely N-dealkylation sites (tertiary alicyclic amines) is 1. The second kappa shape index (κ2) is 5.57. The Morgan fingerprint density at radius 3 is 2.35 bits per heavy atom. The Labute approximate surface area is 109 Å². The van der Waals surface area contributed by atoms with Gasteiger partial charge in [-0.05, 0) is 44.7 Å². The fourth-order valence-corrected chi connectivity index (χ4v) is 5.91. The van der Waals surface area contributed by atoms with Gasteiger partial charge in [0.2, 0.25) is 0 Å². The molecule has 2 saturated carbocycles. The molecule has 3 fully saturated rings. The molecule has 17 heavy (non-hydrogen) atoms. The fourth-order valence-electron chi connectivity index (χ4n) is 4.67. The molecular weight excluding hydrogens is 225 g/mol. The van der Waals surface area contributed by atoms with Crippen LogP contribution in [0, 0.1) is 5.92 Å². The van der Waals surface area contributed by atoms with E-state index in [1.165, 1.54) is 64.2 Å². The Kier molecular flexibility index (Phi) is 4.07. The van der Waals surface area contributed by atoms with Crippen molar-refractivity contribution in [1.82, 2.24) is 4.90 Å². The summed E-state index contributed by atoms with van der Waals surface area (Å²) in [5.41, 5.74) is 0. The van der Waals surface area contributed by atoms with Gasteiger partial charge in [0, 0.05) is 17.9 Å². The highest BCUT2D eigenvalue weighted by Crippen LogP contribution is 2.47. The first-order valence-corrected chi connectivity index (χ1v) is 9.42. The Balaban J connectivity index is 1.73. The average Bonchev–Trinajstić information content (AvgIpc) is 2.78. The molecule has 0 amide bonds. The van der Waals surface area contributed by atoms with Crippen molar-refractivity contribution in [3.8, 4) is 0 Å². The Hall–Kier alpha value is 0.390. The molecule has 0 N–H and O–H groups in total. The largest absolute Gasteiger partial charge is 0.291 e. The number of hydrogen-bond acceptors (Lipinski definition) is 1. The van der Waals surface area contributed by atoms with Crippen molar-refractivity contribution in [1.29, 1.82) is 0 Å². The van der Waals surface area contributed by atoms with Crippen LogP contribution in [0.15, 0.2) is 0 Å². The van der Waals surface area contributed by atoms with Crippen molar-refractivity contribution in [3.05, 3.63) is 0 Å². The van der Waals surface area contributed by atoms with Gasteiger partial charge in [-0.1, -0.05) is 32.1 Å². The lowest BCUT2D eigenvalue weighted by Gasteiger charge is -2.41. The maximum Gasteiger partial charge on any atom is 0.0274 e. The zero-order valence-electron chi connectivity index (χ0n) is 11.3. The minimum absolute atomic E-state index is 0.964. The lowest BCUT2D eigenvalue weighted by Crippen LogP contribution is -2.45. The van der Waals surface area contributed by atoms with Crippen LogP contribution in [-0.4, -0.2) is 29.4 Å². The first-order valence-electron chi connectivity index (χ1n) is 7.85. The Morgan fingerprint density at radius 2 is 1.59 bits per heavy atom. The standard InChI is InChI=1S/C15H28NP/c1-17-15-11-12-7-5-6-10-14(12)16(15)13-8-3-2-4-9-13/h12-15,17H,2-11H2,1H3. The van der Waals surface area contributed by atoms with Crippen LogP contribution >= 0.6 is 8.58 Å². The molecule has 4 atom stereocenters. The van der Waals surface area contributed by atoms with Crippen LogP contribution in [-0.2, 0) is 0 Å². The van der Waals surface area contributed by atoms with Gasteiger partial charge in [-0.2, -0.15) is 0 Å².